The molecule has 1 rings (SSSR count). The number of hydrogen-bond acceptors (Lipinski definition) is 3. The lowest BCUT2D eigenvalue weighted by atomic mass is 10.0. The van der Waals surface area contributed by atoms with Crippen LogP contribution in [0.25, 0.3) is 0 Å². The van der Waals surface area contributed by atoms with E-state index in [9.17, 15) is 13.5 Å². The van der Waals surface area contributed by atoms with Gasteiger partial charge in [-0.05, 0) is 19.8 Å². The van der Waals surface area contributed by atoms with E-state index in [0.29, 0.717) is 12.8 Å². The minimum Gasteiger partial charge on any atom is -0.389 e. The maximum atomic E-state index is 11.8. The zero-order valence-corrected chi connectivity index (χ0v) is 10.8. The van der Waals surface area contributed by atoms with Crippen molar-refractivity contribution < 1.29 is 13.5 Å². The number of hydrogen-bond donors (Lipinski definition) is 1. The third-order valence-electron chi connectivity index (χ3n) is 3.07. The van der Waals surface area contributed by atoms with Crippen LogP contribution in [0.2, 0.25) is 0 Å². The number of allylic oxidation sites excluding steroid dienone is 1. The smallest absolute Gasteiger partial charge is 0.217 e. The minimum atomic E-state index is -3.26. The fourth-order valence-corrected chi connectivity index (χ4v) is 3.18. The van der Waals surface area contributed by atoms with Crippen LogP contribution >= 0.6 is 0 Å². The molecule has 0 aliphatic heterocycles. The summed E-state index contributed by atoms with van der Waals surface area (Å²) in [7, 11) is -1.72. The topological polar surface area (TPSA) is 57.6 Å². The van der Waals surface area contributed by atoms with Crippen molar-refractivity contribution in [2.24, 2.45) is 0 Å². The fraction of sp³-hybridized carbons (Fsp3) is 0.818. The van der Waals surface area contributed by atoms with Gasteiger partial charge in [0.1, 0.15) is 0 Å². The molecule has 0 aromatic rings. The first-order chi connectivity index (χ1) is 7.40. The average molecular weight is 247 g/mol. The lowest BCUT2D eigenvalue weighted by molar-refractivity contribution is 0.0334. The van der Waals surface area contributed by atoms with Gasteiger partial charge in [-0.2, -0.15) is 0 Å². The standard InChI is InChI=1S/C11H21NO3S/c1-3-4-9-16(14,15)12(2)10-11(13)7-5-6-8-11/h3-4,13H,5-10H2,1-2H3/b4-3+. The molecule has 0 atom stereocenters. The Kier molecular flexibility index (Phi) is 4.52. The van der Waals surface area contributed by atoms with Gasteiger partial charge >= 0.3 is 0 Å². The molecule has 0 spiro atoms. The van der Waals surface area contributed by atoms with Crippen LogP contribution in [0.3, 0.4) is 0 Å². The van der Waals surface area contributed by atoms with Crippen LogP contribution in [-0.4, -0.2) is 42.8 Å². The molecule has 0 aromatic carbocycles. The lowest BCUT2D eigenvalue weighted by Crippen LogP contribution is -2.42. The molecule has 0 bridgehead atoms. The first-order valence-electron chi connectivity index (χ1n) is 5.67. The third-order valence-corrected chi connectivity index (χ3v) is 4.76. The number of likely N-dealkylation sites (N-methyl/N-ethyl adjacent to an activating group) is 1. The van der Waals surface area contributed by atoms with E-state index < -0.39 is 15.6 Å². The highest BCUT2D eigenvalue weighted by Crippen LogP contribution is 2.30. The Balaban J connectivity index is 2.60. The van der Waals surface area contributed by atoms with Crippen molar-refractivity contribution in [3.8, 4) is 0 Å². The summed E-state index contributed by atoms with van der Waals surface area (Å²) in [6.45, 7) is 2.01. The summed E-state index contributed by atoms with van der Waals surface area (Å²) < 4.78 is 24.8. The molecule has 0 radical (unpaired) electrons. The van der Waals surface area contributed by atoms with Crippen molar-refractivity contribution in [1.82, 2.24) is 4.31 Å². The van der Waals surface area contributed by atoms with Crippen molar-refractivity contribution in [3.05, 3.63) is 12.2 Å². The molecule has 0 saturated heterocycles. The largest absolute Gasteiger partial charge is 0.389 e. The predicted octanol–water partition coefficient (Wildman–Crippen LogP) is 1.13. The Morgan fingerprint density at radius 3 is 2.44 bits per heavy atom. The zero-order chi connectivity index (χ0) is 12.2. The van der Waals surface area contributed by atoms with Crippen molar-refractivity contribution >= 4 is 10.0 Å². The van der Waals surface area contributed by atoms with E-state index in [1.807, 2.05) is 0 Å². The predicted molar refractivity (Wildman–Crippen MR) is 64.6 cm³/mol. The molecule has 1 aliphatic rings. The van der Waals surface area contributed by atoms with Crippen LogP contribution in [0.1, 0.15) is 32.6 Å². The molecule has 0 heterocycles. The number of sulfonamides is 1. The van der Waals surface area contributed by atoms with Gasteiger partial charge in [-0.25, -0.2) is 12.7 Å². The van der Waals surface area contributed by atoms with E-state index in [1.165, 1.54) is 11.4 Å². The van der Waals surface area contributed by atoms with Crippen LogP contribution in [0.5, 0.6) is 0 Å². The van der Waals surface area contributed by atoms with Crippen LogP contribution in [-0.2, 0) is 10.0 Å². The van der Waals surface area contributed by atoms with E-state index in [-0.39, 0.29) is 12.3 Å². The van der Waals surface area contributed by atoms with Gasteiger partial charge in [-0.1, -0.05) is 25.0 Å². The fourth-order valence-electron chi connectivity index (χ4n) is 2.05. The molecule has 5 heteroatoms. The number of nitrogens with zero attached hydrogens (tertiary/aromatic N) is 1. The summed E-state index contributed by atoms with van der Waals surface area (Å²) >= 11 is 0. The lowest BCUT2D eigenvalue weighted by Gasteiger charge is -2.27. The summed E-state index contributed by atoms with van der Waals surface area (Å²) in [5.74, 6) is 0.01000. The van der Waals surface area contributed by atoms with E-state index in [4.69, 9.17) is 0 Å². The molecule has 16 heavy (non-hydrogen) atoms. The molecular weight excluding hydrogens is 226 g/mol. The highest BCUT2D eigenvalue weighted by molar-refractivity contribution is 7.89. The van der Waals surface area contributed by atoms with Crippen molar-refractivity contribution in [1.29, 1.82) is 0 Å². The quantitative estimate of drug-likeness (QED) is 0.741. The highest BCUT2D eigenvalue weighted by atomic mass is 32.2. The van der Waals surface area contributed by atoms with Crippen LogP contribution < -0.4 is 0 Å². The second-order valence-corrected chi connectivity index (χ2v) is 6.66. The summed E-state index contributed by atoms with van der Waals surface area (Å²) in [5.41, 5.74) is -0.808. The van der Waals surface area contributed by atoms with E-state index in [1.54, 1.807) is 19.1 Å². The molecule has 1 saturated carbocycles. The maximum Gasteiger partial charge on any atom is 0.217 e. The van der Waals surface area contributed by atoms with Gasteiger partial charge in [-0.3, -0.25) is 0 Å². The second kappa shape index (κ2) is 5.29. The summed E-state index contributed by atoms with van der Waals surface area (Å²) in [6, 6.07) is 0. The molecule has 1 N–H and O–H groups in total. The minimum absolute atomic E-state index is 0.01000. The SMILES string of the molecule is C/C=C/CS(=O)(=O)N(C)CC1(O)CCCC1. The van der Waals surface area contributed by atoms with Crippen molar-refractivity contribution in [2.75, 3.05) is 19.3 Å². The number of aliphatic hydroxyl groups is 1. The highest BCUT2D eigenvalue weighted by Gasteiger charge is 2.34. The molecule has 0 amide bonds. The molecule has 1 fully saturated rings. The van der Waals surface area contributed by atoms with Gasteiger partial charge < -0.3 is 5.11 Å². The maximum absolute atomic E-state index is 11.8. The monoisotopic (exact) mass is 247 g/mol. The average Bonchev–Trinajstić information content (AvgIpc) is 2.62. The molecule has 94 valence electrons. The van der Waals surface area contributed by atoms with Crippen LogP contribution in [0.4, 0.5) is 0 Å². The number of rotatable bonds is 5. The van der Waals surface area contributed by atoms with Gasteiger partial charge in [0.2, 0.25) is 10.0 Å². The van der Waals surface area contributed by atoms with Crippen molar-refractivity contribution in [2.45, 2.75) is 38.2 Å². The molecule has 4 nitrogen and oxygen atoms in total. The third kappa shape index (κ3) is 3.57. The molecule has 0 unspecified atom stereocenters. The molecular formula is C11H21NO3S. The van der Waals surface area contributed by atoms with E-state index in [2.05, 4.69) is 0 Å². The van der Waals surface area contributed by atoms with E-state index >= 15 is 0 Å². The first-order valence-corrected chi connectivity index (χ1v) is 7.28. The normalized spacial score (nSPS) is 21.0. The Bertz CT molecular complexity index is 342. The summed E-state index contributed by atoms with van der Waals surface area (Å²) in [6.07, 6.45) is 6.71. The first kappa shape index (κ1) is 13.7. The second-order valence-electron chi connectivity index (χ2n) is 4.54. The Labute approximate surface area is 98.0 Å². The Morgan fingerprint density at radius 2 is 1.94 bits per heavy atom. The Morgan fingerprint density at radius 1 is 1.38 bits per heavy atom. The van der Waals surface area contributed by atoms with E-state index in [0.717, 1.165) is 12.8 Å². The van der Waals surface area contributed by atoms with Gasteiger partial charge in [0.25, 0.3) is 0 Å². The van der Waals surface area contributed by atoms with Crippen molar-refractivity contribution in [3.63, 3.8) is 0 Å². The Hall–Kier alpha value is -0.390. The molecule has 0 aromatic heterocycles. The van der Waals surface area contributed by atoms with Crippen LogP contribution in [0.15, 0.2) is 12.2 Å². The summed E-state index contributed by atoms with van der Waals surface area (Å²) in [4.78, 5) is 0. The summed E-state index contributed by atoms with van der Waals surface area (Å²) in [5, 5.41) is 10.1. The van der Waals surface area contributed by atoms with Gasteiger partial charge in [0, 0.05) is 13.6 Å². The zero-order valence-electron chi connectivity index (χ0n) is 10.0. The van der Waals surface area contributed by atoms with Gasteiger partial charge in [-0.15, -0.1) is 0 Å². The van der Waals surface area contributed by atoms with Crippen LogP contribution in [0, 0.1) is 0 Å². The van der Waals surface area contributed by atoms with Gasteiger partial charge in [0.05, 0.1) is 11.4 Å². The van der Waals surface area contributed by atoms with Gasteiger partial charge in [0.15, 0.2) is 0 Å². The molecule has 1 aliphatic carbocycles.